The lowest BCUT2D eigenvalue weighted by Gasteiger charge is -2.16. The summed E-state index contributed by atoms with van der Waals surface area (Å²) < 4.78 is 32.1. The van der Waals surface area contributed by atoms with Crippen LogP contribution in [0.1, 0.15) is 112 Å². The van der Waals surface area contributed by atoms with Gasteiger partial charge < -0.3 is 62.7 Å². The van der Waals surface area contributed by atoms with E-state index in [2.05, 4.69) is 30.9 Å². The lowest BCUT2D eigenvalue weighted by molar-refractivity contribution is -0.134. The molecule has 3 amide bonds. The van der Waals surface area contributed by atoms with Crippen molar-refractivity contribution in [3.63, 3.8) is 0 Å². The van der Waals surface area contributed by atoms with Crippen molar-refractivity contribution >= 4 is 73.7 Å². The fourth-order valence-corrected chi connectivity index (χ4v) is 13.3. The molecule has 0 radical (unpaired) electrons. The van der Waals surface area contributed by atoms with Gasteiger partial charge in [0, 0.05) is 141 Å². The van der Waals surface area contributed by atoms with Crippen LogP contribution >= 0.6 is 0 Å². The van der Waals surface area contributed by atoms with Crippen molar-refractivity contribution in [2.45, 2.75) is 143 Å². The third-order valence-corrected chi connectivity index (χ3v) is 18.7. The number of amides is 3. The van der Waals surface area contributed by atoms with Crippen LogP contribution in [-0.4, -0.2) is 157 Å². The third kappa shape index (κ3) is 16.8. The highest BCUT2D eigenvalue weighted by Crippen LogP contribution is 2.20. The number of aryl methyl sites for hydroxylation is 9. The number of pyridine rings is 6. The highest BCUT2D eigenvalue weighted by Gasteiger charge is 2.25. The quantitative estimate of drug-likeness (QED) is 0.0466. The molecule has 32 nitrogen and oxygen atoms in total. The fraction of sp³-hybridized carbons (Fsp3) is 0.378. The van der Waals surface area contributed by atoms with E-state index in [1.54, 1.807) is 88.1 Å². The van der Waals surface area contributed by atoms with Gasteiger partial charge in [-0.1, -0.05) is 18.2 Å². The Labute approximate surface area is 605 Å². The van der Waals surface area contributed by atoms with Gasteiger partial charge in [-0.3, -0.25) is 63.0 Å². The maximum Gasteiger partial charge on any atom is 0.300 e. The third-order valence-electron chi connectivity index (χ3n) is 18.7. The number of nitrogens with zero attached hydrogens (tertiary/aromatic N) is 15. The van der Waals surface area contributed by atoms with Crippen LogP contribution in [0.25, 0.3) is 50.0 Å². The van der Waals surface area contributed by atoms with Gasteiger partial charge in [0.05, 0.1) is 70.1 Å². The molecule has 15 heterocycles. The first-order chi connectivity index (χ1) is 51.3. The van der Waals surface area contributed by atoms with Gasteiger partial charge in [0.2, 0.25) is 0 Å². The van der Waals surface area contributed by atoms with E-state index in [0.29, 0.717) is 148 Å². The van der Waals surface area contributed by atoms with Crippen LogP contribution in [0.4, 0.5) is 0 Å². The molecule has 0 aromatic carbocycles. The van der Waals surface area contributed by atoms with Crippen LogP contribution in [0.5, 0.6) is 0 Å². The predicted molar refractivity (Wildman–Crippen MR) is 390 cm³/mol. The standard InChI is InChI=1S/3C24H27N7O3.C2H4O2/c3*1-16-5-2-9-31-21(16)28-22-19(24(31)33)13-18(23(32)27-14-17-6-3-12-34-17)20(25)30(22)10-4-8-29-11-7-26-15-29;1-2(3)4/h3*2,5,7,9,11,13,15,17,25H,3-4,6,8,10,12,14H2,1H3,(H,27,32);1H3,(H,3,4). The van der Waals surface area contributed by atoms with Gasteiger partial charge in [-0.25, -0.2) is 29.9 Å². The van der Waals surface area contributed by atoms with E-state index in [-0.39, 0.29) is 85.9 Å². The molecule has 106 heavy (non-hydrogen) atoms. The zero-order valence-corrected chi connectivity index (χ0v) is 59.4. The number of hydrogen-bond acceptors (Lipinski definition) is 19. The minimum absolute atomic E-state index is 0.0138. The van der Waals surface area contributed by atoms with E-state index in [1.165, 1.54) is 31.4 Å². The summed E-state index contributed by atoms with van der Waals surface area (Å²) in [7, 11) is 0. The smallest absolute Gasteiger partial charge is 0.300 e. The van der Waals surface area contributed by atoms with Gasteiger partial charge in [-0.2, -0.15) is 0 Å². The van der Waals surface area contributed by atoms with Crippen molar-refractivity contribution in [2.75, 3.05) is 39.5 Å². The van der Waals surface area contributed by atoms with Crippen LogP contribution in [-0.2, 0) is 58.3 Å². The Morgan fingerprint density at radius 1 is 0.453 bits per heavy atom. The Balaban J connectivity index is 0.000000145. The predicted octanol–water partition coefficient (Wildman–Crippen LogP) is 4.99. The number of hydrogen-bond donors (Lipinski definition) is 7. The molecule has 15 rings (SSSR count). The van der Waals surface area contributed by atoms with E-state index < -0.39 is 5.97 Å². The molecule has 552 valence electrons. The van der Waals surface area contributed by atoms with Crippen LogP contribution in [0.15, 0.2) is 144 Å². The lowest BCUT2D eigenvalue weighted by atomic mass is 10.1. The van der Waals surface area contributed by atoms with Gasteiger partial charge in [0.1, 0.15) is 50.3 Å². The van der Waals surface area contributed by atoms with Crippen molar-refractivity contribution in [1.82, 2.24) is 86.5 Å². The summed E-state index contributed by atoms with van der Waals surface area (Å²) in [5, 5.41) is 43.5. The van der Waals surface area contributed by atoms with Gasteiger partial charge in [0.15, 0.2) is 0 Å². The molecule has 32 heteroatoms. The lowest BCUT2D eigenvalue weighted by Crippen LogP contribution is -2.38. The van der Waals surface area contributed by atoms with Crippen LogP contribution < -0.4 is 49.1 Å². The van der Waals surface area contributed by atoms with E-state index >= 15 is 0 Å². The molecule has 0 saturated carbocycles. The van der Waals surface area contributed by atoms with E-state index in [0.717, 1.165) is 62.1 Å². The molecule has 0 spiro atoms. The number of rotatable bonds is 21. The van der Waals surface area contributed by atoms with E-state index in [1.807, 2.05) is 71.3 Å². The molecule has 3 unspecified atom stereocenters. The van der Waals surface area contributed by atoms with Gasteiger partial charge in [-0.15, -0.1) is 0 Å². The van der Waals surface area contributed by atoms with Crippen molar-refractivity contribution < 1.29 is 38.5 Å². The number of imidazole rings is 3. The fourth-order valence-electron chi connectivity index (χ4n) is 13.3. The minimum Gasteiger partial charge on any atom is -0.481 e. The maximum atomic E-state index is 13.4. The molecule has 3 atom stereocenters. The summed E-state index contributed by atoms with van der Waals surface area (Å²) in [6.07, 6.45) is 28.6. The first-order valence-corrected chi connectivity index (χ1v) is 35.4. The molecule has 3 saturated heterocycles. The van der Waals surface area contributed by atoms with Crippen LogP contribution in [0, 0.1) is 37.0 Å². The second kappa shape index (κ2) is 33.7. The number of carboxylic acids is 1. The maximum absolute atomic E-state index is 13.4. The topological polar surface area (TPSA) is 395 Å². The largest absolute Gasteiger partial charge is 0.481 e. The molecule has 12 aromatic heterocycles. The molecule has 0 bridgehead atoms. The zero-order valence-electron chi connectivity index (χ0n) is 59.4. The monoisotopic (exact) mass is 1440 g/mol. The summed E-state index contributed by atoms with van der Waals surface area (Å²) in [6, 6.07) is 15.6. The van der Waals surface area contributed by atoms with Crippen LogP contribution in [0.2, 0.25) is 0 Å². The molecule has 7 N–H and O–H groups in total. The Kier molecular flexibility index (Phi) is 23.5. The van der Waals surface area contributed by atoms with Gasteiger partial charge in [-0.05, 0) is 132 Å². The number of nitrogens with one attached hydrogen (secondary N) is 6. The van der Waals surface area contributed by atoms with E-state index in [9.17, 15) is 28.8 Å². The minimum atomic E-state index is -0.833. The Hall–Kier alpha value is -11.9. The molecule has 3 aliphatic rings. The van der Waals surface area contributed by atoms with Crippen molar-refractivity contribution in [1.29, 1.82) is 16.2 Å². The SMILES string of the molecule is CC(=O)O.Cc1cccn2c(=O)c3cc(C(=O)NCC4CCCO4)c(=N)n(CCCn4ccnc4)c3nc12.Cc1cccn2c(=O)c3cc(C(=O)NCC4CCCO4)c(=N)n(CCCn4ccnc4)c3nc12.Cc1cccn2c(=O)c3cc(C(=O)NCC4CCCO4)c(=N)n(CCCn4ccnc4)c3nc12. The Morgan fingerprint density at radius 3 is 0.981 bits per heavy atom. The number of ether oxygens (including phenoxy) is 3. The highest BCUT2D eigenvalue weighted by atomic mass is 16.5. The summed E-state index contributed by atoms with van der Waals surface area (Å²) in [5.41, 5.74) is 5.19. The molecule has 3 aliphatic heterocycles. The summed E-state index contributed by atoms with van der Waals surface area (Å²) in [6.45, 7) is 13.4. The highest BCUT2D eigenvalue weighted by molar-refractivity contribution is 5.98. The number of fused-ring (bicyclic) bond motifs is 6. The Morgan fingerprint density at radius 2 is 0.736 bits per heavy atom. The van der Waals surface area contributed by atoms with E-state index in [4.69, 9.17) is 55.3 Å². The first-order valence-electron chi connectivity index (χ1n) is 35.4. The molecular formula is C74H85N21O11. The molecular weight excluding hydrogens is 1360 g/mol. The second-order valence-corrected chi connectivity index (χ2v) is 26.3. The summed E-state index contributed by atoms with van der Waals surface area (Å²) in [5.74, 6) is -2.00. The second-order valence-electron chi connectivity index (χ2n) is 26.3. The first kappa shape index (κ1) is 73.8. The summed E-state index contributed by atoms with van der Waals surface area (Å²) in [4.78, 5) is 115. The molecule has 3 fully saturated rings. The molecule has 12 aromatic rings. The van der Waals surface area contributed by atoms with Crippen molar-refractivity contribution in [3.8, 4) is 0 Å². The van der Waals surface area contributed by atoms with Crippen LogP contribution in [0.3, 0.4) is 0 Å². The summed E-state index contributed by atoms with van der Waals surface area (Å²) >= 11 is 0. The number of aromatic nitrogens is 15. The Bertz CT molecular complexity index is 5050. The number of aliphatic carboxylic acids is 1. The average Bonchev–Trinajstić information content (AvgIpc) is 0.848. The zero-order chi connectivity index (χ0) is 74.5. The van der Waals surface area contributed by atoms with Crippen molar-refractivity contribution in [2.24, 2.45) is 0 Å². The number of carbonyl (C=O) groups is 4. The number of carboxylic acid groups (broad SMARTS) is 1. The average molecular weight is 1440 g/mol. The normalized spacial score (nSPS) is 15.5. The number of carbonyl (C=O) groups excluding carboxylic acids is 3. The van der Waals surface area contributed by atoms with Crippen molar-refractivity contribution in [3.05, 3.63) is 210 Å². The van der Waals surface area contributed by atoms with Gasteiger partial charge >= 0.3 is 0 Å². The molecule has 0 aliphatic carbocycles. The van der Waals surface area contributed by atoms with Gasteiger partial charge in [0.25, 0.3) is 40.4 Å².